The lowest BCUT2D eigenvalue weighted by molar-refractivity contribution is -0.198. The van der Waals surface area contributed by atoms with Gasteiger partial charge in [-0.1, -0.05) is 26.3 Å². The van der Waals surface area contributed by atoms with Crippen LogP contribution in [0, 0.1) is 16.7 Å². The van der Waals surface area contributed by atoms with Crippen LogP contribution in [0.5, 0.6) is 0 Å². The Morgan fingerprint density at radius 2 is 1.96 bits per heavy atom. The van der Waals surface area contributed by atoms with Gasteiger partial charge in [-0.15, -0.1) is 0 Å². The molecule has 0 amide bonds. The van der Waals surface area contributed by atoms with Gasteiger partial charge in [0, 0.05) is 12.0 Å². The van der Waals surface area contributed by atoms with Gasteiger partial charge in [0.25, 0.3) is 0 Å². The summed E-state index contributed by atoms with van der Waals surface area (Å²) in [4.78, 5) is 11.3. The maximum atomic E-state index is 11.3. The van der Waals surface area contributed by atoms with Crippen LogP contribution in [0.15, 0.2) is 11.6 Å². The van der Waals surface area contributed by atoms with E-state index in [4.69, 9.17) is 4.74 Å². The molecule has 2 fully saturated rings. The molecule has 1 spiro atoms. The number of carboxylic acid groups (broad SMARTS) is 1. The molecule has 0 aromatic carbocycles. The number of aliphatic carboxylic acids is 1. The lowest BCUT2D eigenvalue weighted by atomic mass is 9.46. The summed E-state index contributed by atoms with van der Waals surface area (Å²) in [6, 6.07) is 0. The Morgan fingerprint density at radius 3 is 2.58 bits per heavy atom. The molecule has 136 valence electrons. The smallest absolute Gasteiger partial charge is 0.306 e. The van der Waals surface area contributed by atoms with E-state index in [0.29, 0.717) is 5.92 Å². The highest BCUT2D eigenvalue weighted by atomic mass is 16.5. The van der Waals surface area contributed by atoms with Gasteiger partial charge in [-0.3, -0.25) is 4.79 Å². The highest BCUT2D eigenvalue weighted by Gasteiger charge is 2.65. The fourth-order valence-corrected chi connectivity index (χ4v) is 6.19. The third-order valence-corrected chi connectivity index (χ3v) is 7.59. The second-order valence-corrected chi connectivity index (χ2v) is 9.21. The molecule has 4 heteroatoms. The average Bonchev–Trinajstić information content (AvgIpc) is 2.83. The van der Waals surface area contributed by atoms with Gasteiger partial charge < -0.3 is 14.9 Å². The Hall–Kier alpha value is -0.870. The zero-order valence-corrected chi connectivity index (χ0v) is 15.5. The normalized spacial score (nSPS) is 48.2. The van der Waals surface area contributed by atoms with Crippen molar-refractivity contribution in [3.63, 3.8) is 0 Å². The maximum Gasteiger partial charge on any atom is 0.306 e. The maximum absolute atomic E-state index is 11.3. The first kappa shape index (κ1) is 17.9. The second-order valence-electron chi connectivity index (χ2n) is 9.21. The fraction of sp³-hybridized carbons (Fsp3) is 0.850. The van der Waals surface area contributed by atoms with Crippen LogP contribution in [0.25, 0.3) is 0 Å². The lowest BCUT2D eigenvalue weighted by Gasteiger charge is -2.61. The van der Waals surface area contributed by atoms with Crippen LogP contribution >= 0.6 is 0 Å². The number of carboxylic acids is 1. The summed E-state index contributed by atoms with van der Waals surface area (Å²) in [6.45, 7) is 8.85. The molecular formula is C20H32O4. The number of aliphatic hydroxyl groups excluding tert-OH is 1. The summed E-state index contributed by atoms with van der Waals surface area (Å²) in [6.07, 6.45) is 8.23. The first-order valence-electron chi connectivity index (χ1n) is 9.31. The zero-order valence-electron chi connectivity index (χ0n) is 15.5. The van der Waals surface area contributed by atoms with E-state index in [1.165, 1.54) is 5.57 Å². The van der Waals surface area contributed by atoms with Crippen molar-refractivity contribution in [2.75, 3.05) is 6.61 Å². The van der Waals surface area contributed by atoms with Crippen LogP contribution < -0.4 is 0 Å². The topological polar surface area (TPSA) is 66.8 Å². The highest BCUT2D eigenvalue weighted by molar-refractivity contribution is 5.68. The van der Waals surface area contributed by atoms with Gasteiger partial charge in [0.2, 0.25) is 0 Å². The van der Waals surface area contributed by atoms with Crippen LogP contribution in [-0.2, 0) is 9.53 Å². The minimum Gasteiger partial charge on any atom is -0.481 e. The Balaban J connectivity index is 2.02. The third kappa shape index (κ3) is 2.37. The summed E-state index contributed by atoms with van der Waals surface area (Å²) in [5, 5.41) is 19.4. The van der Waals surface area contributed by atoms with Crippen LogP contribution in [0.1, 0.15) is 72.6 Å². The van der Waals surface area contributed by atoms with E-state index in [-0.39, 0.29) is 29.5 Å². The molecule has 5 atom stereocenters. The molecule has 3 rings (SSSR count). The van der Waals surface area contributed by atoms with E-state index in [0.717, 1.165) is 38.5 Å². The number of ether oxygens (including phenoxy) is 1. The van der Waals surface area contributed by atoms with Gasteiger partial charge >= 0.3 is 5.97 Å². The van der Waals surface area contributed by atoms with Crippen molar-refractivity contribution < 1.29 is 19.7 Å². The summed E-state index contributed by atoms with van der Waals surface area (Å²) >= 11 is 0. The molecule has 1 heterocycles. The predicted molar refractivity (Wildman–Crippen MR) is 92.7 cm³/mol. The number of allylic oxidation sites excluding steroid dienone is 1. The molecule has 1 saturated carbocycles. The number of hydrogen-bond acceptors (Lipinski definition) is 3. The van der Waals surface area contributed by atoms with Crippen LogP contribution in [0.2, 0.25) is 0 Å². The van der Waals surface area contributed by atoms with E-state index in [1.807, 2.05) is 6.92 Å². The van der Waals surface area contributed by atoms with E-state index >= 15 is 0 Å². The highest BCUT2D eigenvalue weighted by Crippen LogP contribution is 2.66. The molecule has 3 aliphatic rings. The third-order valence-electron chi connectivity index (χ3n) is 7.59. The monoisotopic (exact) mass is 336 g/mol. The van der Waals surface area contributed by atoms with Crippen molar-refractivity contribution in [3.05, 3.63) is 11.6 Å². The van der Waals surface area contributed by atoms with E-state index < -0.39 is 11.6 Å². The lowest BCUT2D eigenvalue weighted by Crippen LogP contribution is -2.60. The van der Waals surface area contributed by atoms with Crippen molar-refractivity contribution in [1.29, 1.82) is 0 Å². The Bertz CT molecular complexity index is 570. The summed E-state index contributed by atoms with van der Waals surface area (Å²) < 4.78 is 6.68. The Morgan fingerprint density at radius 1 is 1.25 bits per heavy atom. The molecule has 1 aliphatic heterocycles. The molecule has 2 aliphatic carbocycles. The average molecular weight is 336 g/mol. The van der Waals surface area contributed by atoms with E-state index in [9.17, 15) is 15.0 Å². The standard InChI is InChI=1S/C20H32O4/c1-14-6-7-15-17(2,13-21)8-5-9-19(15,4)20(14)11-10-18(3,24-20)12-16(22)23/h6,15,21H,5,7-13H2,1-4H3,(H,22,23)/t15-,17+,18+,19+,20-/m1/s1. The number of fused-ring (bicyclic) bond motifs is 2. The molecule has 0 radical (unpaired) electrons. The van der Waals surface area contributed by atoms with Gasteiger partial charge in [0.05, 0.1) is 17.6 Å². The minimum absolute atomic E-state index is 0.0438. The van der Waals surface area contributed by atoms with Gasteiger partial charge in [-0.25, -0.2) is 0 Å². The molecule has 0 bridgehead atoms. The van der Waals surface area contributed by atoms with Crippen LogP contribution in [0.4, 0.5) is 0 Å². The Labute approximate surface area is 145 Å². The van der Waals surface area contributed by atoms with Crippen molar-refractivity contribution in [2.45, 2.75) is 83.8 Å². The van der Waals surface area contributed by atoms with E-state index in [2.05, 4.69) is 26.8 Å². The zero-order chi connectivity index (χ0) is 17.8. The van der Waals surface area contributed by atoms with Crippen molar-refractivity contribution in [1.82, 2.24) is 0 Å². The van der Waals surface area contributed by atoms with E-state index in [1.54, 1.807) is 0 Å². The van der Waals surface area contributed by atoms with Gasteiger partial charge in [-0.2, -0.15) is 0 Å². The Kier molecular flexibility index (Phi) is 4.16. The first-order chi connectivity index (χ1) is 11.1. The summed E-state index contributed by atoms with van der Waals surface area (Å²) in [7, 11) is 0. The molecule has 0 unspecified atom stereocenters. The largest absolute Gasteiger partial charge is 0.481 e. The first-order valence-corrected chi connectivity index (χ1v) is 9.31. The number of hydrogen-bond donors (Lipinski definition) is 2. The summed E-state index contributed by atoms with van der Waals surface area (Å²) in [5.41, 5.74) is 0.164. The molecule has 1 saturated heterocycles. The van der Waals surface area contributed by atoms with Gasteiger partial charge in [0.1, 0.15) is 0 Å². The molecular weight excluding hydrogens is 304 g/mol. The predicted octanol–water partition coefficient (Wildman–Crippen LogP) is 3.92. The quantitative estimate of drug-likeness (QED) is 0.767. The molecule has 0 aromatic rings. The molecule has 4 nitrogen and oxygen atoms in total. The van der Waals surface area contributed by atoms with Crippen molar-refractivity contribution in [2.24, 2.45) is 16.7 Å². The van der Waals surface area contributed by atoms with Gasteiger partial charge in [0.15, 0.2) is 0 Å². The van der Waals surface area contributed by atoms with Crippen LogP contribution in [0.3, 0.4) is 0 Å². The summed E-state index contributed by atoms with van der Waals surface area (Å²) in [5.74, 6) is -0.419. The molecule has 2 N–H and O–H groups in total. The fourth-order valence-electron chi connectivity index (χ4n) is 6.19. The SMILES string of the molecule is CC1=CC[C@@H]2[C@](C)(CO)CCC[C@]2(C)[C@@]12CC[C@@](C)(CC(=O)O)O2. The number of aliphatic hydroxyl groups is 1. The molecule has 24 heavy (non-hydrogen) atoms. The minimum atomic E-state index is -0.794. The number of rotatable bonds is 3. The van der Waals surface area contributed by atoms with Crippen LogP contribution in [-0.4, -0.2) is 34.0 Å². The van der Waals surface area contributed by atoms with Crippen molar-refractivity contribution in [3.8, 4) is 0 Å². The molecule has 0 aromatic heterocycles. The second kappa shape index (κ2) is 5.57. The van der Waals surface area contributed by atoms with Gasteiger partial charge in [-0.05, 0) is 62.9 Å². The number of carbonyl (C=O) groups is 1. The van der Waals surface area contributed by atoms with Crippen molar-refractivity contribution >= 4 is 5.97 Å².